The van der Waals surface area contributed by atoms with E-state index in [1.807, 2.05) is 6.07 Å². The van der Waals surface area contributed by atoms with Crippen molar-refractivity contribution in [2.45, 2.75) is 31.7 Å². The molecular formula is C15H21NO2. The van der Waals surface area contributed by atoms with Crippen LogP contribution >= 0.6 is 0 Å². The first-order chi connectivity index (χ1) is 8.83. The highest BCUT2D eigenvalue weighted by Gasteiger charge is 2.22. The van der Waals surface area contributed by atoms with Gasteiger partial charge in [-0.1, -0.05) is 6.07 Å². The van der Waals surface area contributed by atoms with Gasteiger partial charge in [0, 0.05) is 19.2 Å². The molecule has 1 aromatic carbocycles. The van der Waals surface area contributed by atoms with Crippen molar-refractivity contribution in [2.24, 2.45) is 5.92 Å². The second-order valence-electron chi connectivity index (χ2n) is 5.47. The molecular weight excluding hydrogens is 226 g/mol. The number of aryl methyl sites for hydroxylation is 1. The number of phenolic OH excluding ortho intramolecular Hbond substituents is 1. The fraction of sp³-hybridized carbons (Fsp3) is 0.600. The van der Waals surface area contributed by atoms with Crippen molar-refractivity contribution in [2.75, 3.05) is 19.8 Å². The Bertz CT molecular complexity index is 413. The summed E-state index contributed by atoms with van der Waals surface area (Å²) in [7, 11) is 0. The van der Waals surface area contributed by atoms with Gasteiger partial charge in [-0.05, 0) is 54.9 Å². The fourth-order valence-corrected chi connectivity index (χ4v) is 3.07. The average molecular weight is 247 g/mol. The number of hydrogen-bond donors (Lipinski definition) is 2. The highest BCUT2D eigenvalue weighted by Crippen LogP contribution is 2.32. The molecule has 1 aliphatic carbocycles. The molecule has 2 atom stereocenters. The van der Waals surface area contributed by atoms with E-state index < -0.39 is 0 Å². The number of phenols is 1. The lowest BCUT2D eigenvalue weighted by Crippen LogP contribution is -2.30. The van der Waals surface area contributed by atoms with Gasteiger partial charge in [-0.25, -0.2) is 0 Å². The third-order valence-corrected chi connectivity index (χ3v) is 4.12. The first-order valence-corrected chi connectivity index (χ1v) is 6.96. The number of fused-ring (bicyclic) bond motifs is 1. The molecule has 1 aliphatic heterocycles. The predicted molar refractivity (Wildman–Crippen MR) is 70.7 cm³/mol. The van der Waals surface area contributed by atoms with Crippen LogP contribution in [-0.2, 0) is 11.2 Å². The number of ether oxygens (including phenoxy) is 1. The van der Waals surface area contributed by atoms with E-state index in [1.54, 1.807) is 6.07 Å². The summed E-state index contributed by atoms with van der Waals surface area (Å²) in [6.07, 6.45) is 4.68. The lowest BCUT2D eigenvalue weighted by atomic mass is 9.87. The first kappa shape index (κ1) is 12.0. The maximum atomic E-state index is 9.54. The van der Waals surface area contributed by atoms with Gasteiger partial charge >= 0.3 is 0 Å². The van der Waals surface area contributed by atoms with Crippen molar-refractivity contribution in [1.82, 2.24) is 5.32 Å². The number of nitrogens with one attached hydrogen (secondary N) is 1. The third-order valence-electron chi connectivity index (χ3n) is 4.12. The summed E-state index contributed by atoms with van der Waals surface area (Å²) >= 11 is 0. The summed E-state index contributed by atoms with van der Waals surface area (Å²) in [4.78, 5) is 0. The molecule has 2 aliphatic rings. The van der Waals surface area contributed by atoms with Crippen LogP contribution in [0, 0.1) is 5.92 Å². The van der Waals surface area contributed by atoms with Gasteiger partial charge in [0.05, 0.1) is 6.61 Å². The van der Waals surface area contributed by atoms with Crippen molar-refractivity contribution >= 4 is 0 Å². The van der Waals surface area contributed by atoms with E-state index in [9.17, 15) is 5.11 Å². The fourth-order valence-electron chi connectivity index (χ4n) is 3.07. The Morgan fingerprint density at radius 2 is 2.28 bits per heavy atom. The summed E-state index contributed by atoms with van der Waals surface area (Å²) in [5.74, 6) is 1.06. The monoisotopic (exact) mass is 247 g/mol. The summed E-state index contributed by atoms with van der Waals surface area (Å²) in [5, 5.41) is 13.2. The van der Waals surface area contributed by atoms with E-state index in [0.29, 0.717) is 17.7 Å². The van der Waals surface area contributed by atoms with Crippen LogP contribution in [0.4, 0.5) is 0 Å². The molecule has 0 aromatic heterocycles. The van der Waals surface area contributed by atoms with Gasteiger partial charge in [0.25, 0.3) is 0 Å². The van der Waals surface area contributed by atoms with Crippen molar-refractivity contribution in [3.05, 3.63) is 29.3 Å². The van der Waals surface area contributed by atoms with Crippen LogP contribution in [0.5, 0.6) is 5.75 Å². The van der Waals surface area contributed by atoms with Crippen LogP contribution in [0.15, 0.2) is 18.2 Å². The topological polar surface area (TPSA) is 41.5 Å². The minimum Gasteiger partial charge on any atom is -0.508 e. The largest absolute Gasteiger partial charge is 0.508 e. The Morgan fingerprint density at radius 1 is 1.33 bits per heavy atom. The molecule has 1 fully saturated rings. The SMILES string of the molecule is Oc1ccc2c(c1)CCCC2NCC1CCOC1. The number of rotatable bonds is 3. The Hall–Kier alpha value is -1.06. The van der Waals surface area contributed by atoms with Gasteiger partial charge in [0.15, 0.2) is 0 Å². The standard InChI is InChI=1S/C15H21NO2/c17-13-4-5-14-12(8-13)2-1-3-15(14)16-9-11-6-7-18-10-11/h4-5,8,11,15-17H,1-3,6-7,9-10H2. The van der Waals surface area contributed by atoms with Crippen molar-refractivity contribution in [3.63, 3.8) is 0 Å². The Labute approximate surface area is 108 Å². The van der Waals surface area contributed by atoms with Crippen LogP contribution in [0.2, 0.25) is 0 Å². The molecule has 0 saturated carbocycles. The third kappa shape index (κ3) is 2.52. The Morgan fingerprint density at radius 3 is 3.11 bits per heavy atom. The second-order valence-corrected chi connectivity index (χ2v) is 5.47. The average Bonchev–Trinajstić information content (AvgIpc) is 2.89. The molecule has 1 saturated heterocycles. The van der Waals surface area contributed by atoms with Gasteiger partial charge in [0.2, 0.25) is 0 Å². The molecule has 0 amide bonds. The zero-order chi connectivity index (χ0) is 12.4. The highest BCUT2D eigenvalue weighted by atomic mass is 16.5. The van der Waals surface area contributed by atoms with Gasteiger partial charge in [-0.2, -0.15) is 0 Å². The van der Waals surface area contributed by atoms with Crippen LogP contribution in [-0.4, -0.2) is 24.9 Å². The molecule has 2 unspecified atom stereocenters. The zero-order valence-electron chi connectivity index (χ0n) is 10.7. The summed E-state index contributed by atoms with van der Waals surface area (Å²) in [6, 6.07) is 6.25. The molecule has 18 heavy (non-hydrogen) atoms. The number of hydrogen-bond acceptors (Lipinski definition) is 3. The molecule has 0 radical (unpaired) electrons. The lowest BCUT2D eigenvalue weighted by Gasteiger charge is -2.27. The quantitative estimate of drug-likeness (QED) is 0.861. The van der Waals surface area contributed by atoms with E-state index in [-0.39, 0.29) is 0 Å². The normalized spacial score (nSPS) is 27.1. The van der Waals surface area contributed by atoms with E-state index >= 15 is 0 Å². The summed E-state index contributed by atoms with van der Waals surface area (Å²) < 4.78 is 5.41. The molecule has 0 spiro atoms. The molecule has 0 bridgehead atoms. The minimum atomic E-state index is 0.388. The molecule has 1 aromatic rings. The molecule has 3 heteroatoms. The van der Waals surface area contributed by atoms with Gasteiger partial charge in [-0.15, -0.1) is 0 Å². The van der Waals surface area contributed by atoms with Gasteiger partial charge in [0.1, 0.15) is 5.75 Å². The van der Waals surface area contributed by atoms with Gasteiger partial charge < -0.3 is 15.2 Å². The zero-order valence-corrected chi connectivity index (χ0v) is 10.7. The van der Waals surface area contributed by atoms with E-state index in [2.05, 4.69) is 11.4 Å². The van der Waals surface area contributed by atoms with E-state index in [0.717, 1.165) is 26.2 Å². The Balaban J connectivity index is 1.67. The second kappa shape index (κ2) is 5.29. The maximum absolute atomic E-state index is 9.54. The maximum Gasteiger partial charge on any atom is 0.115 e. The minimum absolute atomic E-state index is 0.388. The summed E-state index contributed by atoms with van der Waals surface area (Å²) in [6.45, 7) is 2.87. The molecule has 3 rings (SSSR count). The first-order valence-electron chi connectivity index (χ1n) is 6.96. The van der Waals surface area contributed by atoms with Crippen molar-refractivity contribution in [3.8, 4) is 5.75 Å². The molecule has 1 heterocycles. The van der Waals surface area contributed by atoms with Crippen LogP contribution in [0.3, 0.4) is 0 Å². The smallest absolute Gasteiger partial charge is 0.115 e. The highest BCUT2D eigenvalue weighted by molar-refractivity contribution is 5.38. The summed E-state index contributed by atoms with van der Waals surface area (Å²) in [5.41, 5.74) is 2.68. The molecule has 98 valence electrons. The van der Waals surface area contributed by atoms with Crippen LogP contribution in [0.1, 0.15) is 36.4 Å². The van der Waals surface area contributed by atoms with Crippen LogP contribution in [0.25, 0.3) is 0 Å². The van der Waals surface area contributed by atoms with E-state index in [1.165, 1.54) is 30.4 Å². The Kier molecular flexibility index (Phi) is 3.52. The van der Waals surface area contributed by atoms with Crippen molar-refractivity contribution < 1.29 is 9.84 Å². The van der Waals surface area contributed by atoms with Crippen molar-refractivity contribution in [1.29, 1.82) is 0 Å². The lowest BCUT2D eigenvalue weighted by molar-refractivity contribution is 0.184. The molecule has 2 N–H and O–H groups in total. The number of aromatic hydroxyl groups is 1. The molecule has 3 nitrogen and oxygen atoms in total. The predicted octanol–water partition coefficient (Wildman–Crippen LogP) is 2.40. The number of benzene rings is 1. The van der Waals surface area contributed by atoms with Crippen LogP contribution < -0.4 is 5.32 Å². The van der Waals surface area contributed by atoms with E-state index in [4.69, 9.17) is 4.74 Å². The van der Waals surface area contributed by atoms with Gasteiger partial charge in [-0.3, -0.25) is 0 Å².